The lowest BCUT2D eigenvalue weighted by Crippen LogP contribution is -2.26. The Labute approximate surface area is 175 Å². The molecule has 0 bridgehead atoms. The normalized spacial score (nSPS) is 10.3. The van der Waals surface area contributed by atoms with E-state index in [9.17, 15) is 9.90 Å². The fourth-order valence-electron chi connectivity index (χ4n) is 2.83. The van der Waals surface area contributed by atoms with Gasteiger partial charge in [0.05, 0.1) is 34.0 Å². The van der Waals surface area contributed by atoms with Crippen LogP contribution in [0, 0.1) is 35.4 Å². The van der Waals surface area contributed by atoms with Crippen molar-refractivity contribution >= 4 is 11.6 Å². The molecule has 0 radical (unpaired) electrons. The molecule has 0 aliphatic carbocycles. The Morgan fingerprint density at radius 1 is 1.20 bits per heavy atom. The van der Waals surface area contributed by atoms with E-state index in [1.807, 2.05) is 12.1 Å². The number of nitriles is 2. The van der Waals surface area contributed by atoms with Crippen molar-refractivity contribution in [1.29, 1.82) is 10.5 Å². The maximum atomic E-state index is 15.1. The molecule has 1 N–H and O–H groups in total. The Bertz CT molecular complexity index is 1240. The number of benzene rings is 2. The number of halogens is 2. The smallest absolute Gasteiger partial charge is 0.271 e. The van der Waals surface area contributed by atoms with Crippen molar-refractivity contribution in [2.75, 3.05) is 0 Å². The molecule has 0 aliphatic rings. The quantitative estimate of drug-likeness (QED) is 0.671. The Morgan fingerprint density at radius 2 is 1.87 bits per heavy atom. The average molecular weight is 425 g/mol. The van der Waals surface area contributed by atoms with Crippen molar-refractivity contribution in [3.8, 4) is 23.6 Å². The van der Waals surface area contributed by atoms with Gasteiger partial charge in [-0.15, -0.1) is 0 Å². The summed E-state index contributed by atoms with van der Waals surface area (Å²) in [6.45, 7) is 0.975. The lowest BCUT2D eigenvalue weighted by molar-refractivity contribution is 0.187. The summed E-state index contributed by atoms with van der Waals surface area (Å²) >= 11 is 6.11. The molecule has 1 aromatic heterocycles. The molecule has 0 saturated heterocycles. The van der Waals surface area contributed by atoms with Crippen molar-refractivity contribution in [3.05, 3.63) is 85.5 Å². The molecule has 0 amide bonds. The Morgan fingerprint density at radius 3 is 2.47 bits per heavy atom. The van der Waals surface area contributed by atoms with Crippen LogP contribution >= 0.6 is 11.6 Å². The predicted octanol–water partition coefficient (Wildman–Crippen LogP) is 3.42. The third kappa shape index (κ3) is 4.31. The lowest BCUT2D eigenvalue weighted by atomic mass is 10.1. The van der Waals surface area contributed by atoms with Gasteiger partial charge >= 0.3 is 0 Å². The summed E-state index contributed by atoms with van der Waals surface area (Å²) in [7, 11) is 0. The highest BCUT2D eigenvalue weighted by atomic mass is 35.5. The average Bonchev–Trinajstić information content (AvgIpc) is 2.75. The van der Waals surface area contributed by atoms with Crippen LogP contribution in [0.25, 0.3) is 0 Å². The molecule has 0 unspecified atom stereocenters. The zero-order valence-corrected chi connectivity index (χ0v) is 16.4. The second kappa shape index (κ2) is 8.75. The van der Waals surface area contributed by atoms with E-state index in [4.69, 9.17) is 26.9 Å². The molecule has 2 aromatic carbocycles. The molecule has 0 saturated carbocycles. The lowest BCUT2D eigenvalue weighted by Gasteiger charge is -2.13. The van der Waals surface area contributed by atoms with Crippen LogP contribution in [0.1, 0.15) is 27.9 Å². The van der Waals surface area contributed by atoms with Crippen molar-refractivity contribution in [3.63, 3.8) is 0 Å². The van der Waals surface area contributed by atoms with E-state index >= 15 is 4.39 Å². The summed E-state index contributed by atoms with van der Waals surface area (Å²) in [5, 5.41) is 31.4. The zero-order valence-electron chi connectivity index (χ0n) is 15.7. The third-order valence-electron chi connectivity index (χ3n) is 4.22. The summed E-state index contributed by atoms with van der Waals surface area (Å²) in [6, 6.07) is 12.3. The molecule has 9 heteroatoms. The molecule has 3 rings (SSSR count). The first-order valence-corrected chi connectivity index (χ1v) is 9.02. The van der Waals surface area contributed by atoms with Gasteiger partial charge in [0.1, 0.15) is 12.5 Å². The van der Waals surface area contributed by atoms with Gasteiger partial charge in [-0.1, -0.05) is 17.7 Å². The molecule has 0 fully saturated rings. The molecule has 1 heterocycles. The Balaban J connectivity index is 1.99. The van der Waals surface area contributed by atoms with Crippen molar-refractivity contribution in [2.24, 2.45) is 0 Å². The van der Waals surface area contributed by atoms with E-state index in [-0.39, 0.29) is 39.6 Å². The van der Waals surface area contributed by atoms with Gasteiger partial charge in [-0.05, 0) is 42.8 Å². The first-order chi connectivity index (χ1) is 14.4. The molecular weight excluding hydrogens is 411 g/mol. The molecular formula is C21H14ClFN4O3. The minimum Gasteiger partial charge on any atom is -0.453 e. The highest BCUT2D eigenvalue weighted by molar-refractivity contribution is 6.32. The molecule has 30 heavy (non-hydrogen) atoms. The molecule has 150 valence electrons. The van der Waals surface area contributed by atoms with E-state index in [2.05, 4.69) is 5.10 Å². The molecule has 0 aliphatic heterocycles. The van der Waals surface area contributed by atoms with Crippen LogP contribution in [0.3, 0.4) is 0 Å². The number of nitrogens with zero attached hydrogens (tertiary/aromatic N) is 4. The number of aryl methyl sites for hydroxylation is 1. The highest BCUT2D eigenvalue weighted by Gasteiger charge is 2.17. The Kier molecular flexibility index (Phi) is 6.12. The number of aromatic nitrogens is 2. The fourth-order valence-corrected chi connectivity index (χ4v) is 3.01. The molecule has 7 nitrogen and oxygen atoms in total. The SMILES string of the molecule is Cc1cc(Cc2ccc(Cl)c(Oc3cc(C#N)cc(C#N)c3)c2F)nn(CO)c1=O. The van der Waals surface area contributed by atoms with Crippen molar-refractivity contribution < 1.29 is 14.2 Å². The minimum absolute atomic E-state index is 0.00147. The van der Waals surface area contributed by atoms with Crippen LogP contribution in [0.4, 0.5) is 4.39 Å². The van der Waals surface area contributed by atoms with Gasteiger partial charge in [0.25, 0.3) is 5.56 Å². The first kappa shape index (κ1) is 21.0. The van der Waals surface area contributed by atoms with Crippen LogP contribution in [-0.4, -0.2) is 14.9 Å². The summed E-state index contributed by atoms with van der Waals surface area (Å²) in [6.07, 6.45) is 0.0160. The second-order valence-corrected chi connectivity index (χ2v) is 6.77. The maximum absolute atomic E-state index is 15.1. The number of aliphatic hydroxyl groups is 1. The number of ether oxygens (including phenoxy) is 1. The van der Waals surface area contributed by atoms with Crippen molar-refractivity contribution in [2.45, 2.75) is 20.1 Å². The number of aliphatic hydroxyl groups excluding tert-OH is 1. The van der Waals surface area contributed by atoms with E-state index in [1.54, 1.807) is 6.92 Å². The van der Waals surface area contributed by atoms with Gasteiger partial charge in [0.2, 0.25) is 0 Å². The summed E-state index contributed by atoms with van der Waals surface area (Å²) in [4.78, 5) is 11.9. The minimum atomic E-state index is -0.746. The van der Waals surface area contributed by atoms with E-state index < -0.39 is 18.1 Å². The van der Waals surface area contributed by atoms with Crippen LogP contribution < -0.4 is 10.3 Å². The topological polar surface area (TPSA) is 112 Å². The fraction of sp³-hybridized carbons (Fsp3) is 0.143. The zero-order chi connectivity index (χ0) is 21.8. The van der Waals surface area contributed by atoms with Crippen LogP contribution in [-0.2, 0) is 13.2 Å². The Hall–Kier alpha value is -3.72. The summed E-state index contributed by atoms with van der Waals surface area (Å²) in [5.74, 6) is -0.920. The number of hydrogen-bond acceptors (Lipinski definition) is 6. The standard InChI is InChI=1S/C21H14ClFN4O3/c1-12-4-16(26-27(11-28)21(12)29)8-15-2-3-18(22)20(19(15)23)30-17-6-13(9-24)5-14(7-17)10-25/h2-7,28H,8,11H2,1H3. The molecule has 3 aromatic rings. The van der Waals surface area contributed by atoms with Gasteiger partial charge in [-0.25, -0.2) is 9.07 Å². The van der Waals surface area contributed by atoms with E-state index in [1.165, 1.54) is 36.4 Å². The van der Waals surface area contributed by atoms with Gasteiger partial charge < -0.3 is 9.84 Å². The monoisotopic (exact) mass is 424 g/mol. The highest BCUT2D eigenvalue weighted by Crippen LogP contribution is 2.35. The van der Waals surface area contributed by atoms with E-state index in [0.717, 1.165) is 4.68 Å². The number of rotatable bonds is 5. The first-order valence-electron chi connectivity index (χ1n) is 8.64. The summed E-state index contributed by atoms with van der Waals surface area (Å²) < 4.78 is 21.6. The number of hydrogen-bond donors (Lipinski definition) is 1. The van der Waals surface area contributed by atoms with Crippen molar-refractivity contribution in [1.82, 2.24) is 9.78 Å². The van der Waals surface area contributed by atoms with Gasteiger partial charge in [0, 0.05) is 12.0 Å². The van der Waals surface area contributed by atoms with Crippen LogP contribution in [0.2, 0.25) is 5.02 Å². The van der Waals surface area contributed by atoms with Gasteiger partial charge in [-0.2, -0.15) is 15.6 Å². The summed E-state index contributed by atoms with van der Waals surface area (Å²) in [5.41, 5.74) is 0.850. The van der Waals surface area contributed by atoms with Gasteiger partial charge in [0.15, 0.2) is 11.6 Å². The van der Waals surface area contributed by atoms with Gasteiger partial charge in [-0.3, -0.25) is 4.79 Å². The van der Waals surface area contributed by atoms with Crippen LogP contribution in [0.15, 0.2) is 41.2 Å². The van der Waals surface area contributed by atoms with Crippen LogP contribution in [0.5, 0.6) is 11.5 Å². The largest absolute Gasteiger partial charge is 0.453 e. The predicted molar refractivity (Wildman–Crippen MR) is 106 cm³/mol. The second-order valence-electron chi connectivity index (χ2n) is 6.36. The molecule has 0 spiro atoms. The maximum Gasteiger partial charge on any atom is 0.271 e. The third-order valence-corrected chi connectivity index (χ3v) is 4.52. The van der Waals surface area contributed by atoms with E-state index in [0.29, 0.717) is 11.3 Å². The molecule has 0 atom stereocenters.